The summed E-state index contributed by atoms with van der Waals surface area (Å²) >= 11 is 1.65. The molecule has 3 rings (SSSR count). The SMILES string of the molecule is O/N=C1/CC(c2ccccc2)c2ccsc21. The maximum absolute atomic E-state index is 8.99. The van der Waals surface area contributed by atoms with Crippen LogP contribution in [0.4, 0.5) is 0 Å². The lowest BCUT2D eigenvalue weighted by atomic mass is 9.94. The first-order chi connectivity index (χ1) is 7.90. The van der Waals surface area contributed by atoms with Crippen LogP contribution in [0.1, 0.15) is 28.3 Å². The fourth-order valence-corrected chi connectivity index (χ4v) is 3.25. The molecular weight excluding hydrogens is 218 g/mol. The van der Waals surface area contributed by atoms with Gasteiger partial charge >= 0.3 is 0 Å². The molecule has 3 heteroatoms. The maximum Gasteiger partial charge on any atom is 0.0979 e. The molecule has 0 fully saturated rings. The second-order valence-electron chi connectivity index (χ2n) is 3.92. The lowest BCUT2D eigenvalue weighted by Gasteiger charge is -2.09. The summed E-state index contributed by atoms with van der Waals surface area (Å²) in [5.41, 5.74) is 3.41. The third-order valence-electron chi connectivity index (χ3n) is 3.05. The fraction of sp³-hybridized carbons (Fsp3) is 0.154. The van der Waals surface area contributed by atoms with E-state index in [-0.39, 0.29) is 0 Å². The van der Waals surface area contributed by atoms with E-state index in [1.807, 2.05) is 6.07 Å². The van der Waals surface area contributed by atoms with Gasteiger partial charge in [-0.1, -0.05) is 35.5 Å². The van der Waals surface area contributed by atoms with Crippen molar-refractivity contribution in [2.24, 2.45) is 5.16 Å². The van der Waals surface area contributed by atoms with Gasteiger partial charge in [0.25, 0.3) is 0 Å². The number of benzene rings is 1. The molecule has 0 saturated carbocycles. The van der Waals surface area contributed by atoms with Crippen LogP contribution in [0.2, 0.25) is 0 Å². The summed E-state index contributed by atoms with van der Waals surface area (Å²) in [5.74, 6) is 0.355. The number of hydrogen-bond acceptors (Lipinski definition) is 3. The van der Waals surface area contributed by atoms with Crippen molar-refractivity contribution in [3.63, 3.8) is 0 Å². The maximum atomic E-state index is 8.99. The predicted octanol–water partition coefficient (Wildman–Crippen LogP) is 3.46. The zero-order chi connectivity index (χ0) is 11.0. The average molecular weight is 229 g/mol. The Kier molecular flexibility index (Phi) is 2.26. The highest BCUT2D eigenvalue weighted by molar-refractivity contribution is 7.12. The molecule has 0 bridgehead atoms. The number of oxime groups is 1. The van der Waals surface area contributed by atoms with E-state index in [9.17, 15) is 0 Å². The van der Waals surface area contributed by atoms with Gasteiger partial charge in [-0.25, -0.2) is 0 Å². The molecule has 0 spiro atoms. The van der Waals surface area contributed by atoms with Gasteiger partial charge in [-0.2, -0.15) is 0 Å². The van der Waals surface area contributed by atoms with E-state index in [1.54, 1.807) is 11.3 Å². The molecule has 1 aromatic heterocycles. The highest BCUT2D eigenvalue weighted by Gasteiger charge is 2.30. The molecule has 2 nitrogen and oxygen atoms in total. The Morgan fingerprint density at radius 2 is 2.00 bits per heavy atom. The second-order valence-corrected chi connectivity index (χ2v) is 4.84. The first-order valence-electron chi connectivity index (χ1n) is 5.24. The van der Waals surface area contributed by atoms with Crippen molar-refractivity contribution in [1.82, 2.24) is 0 Å². The summed E-state index contributed by atoms with van der Waals surface area (Å²) in [6, 6.07) is 12.5. The highest BCUT2D eigenvalue weighted by atomic mass is 32.1. The van der Waals surface area contributed by atoms with E-state index in [1.165, 1.54) is 11.1 Å². The van der Waals surface area contributed by atoms with Crippen molar-refractivity contribution in [2.45, 2.75) is 12.3 Å². The molecule has 80 valence electrons. The van der Waals surface area contributed by atoms with E-state index in [0.717, 1.165) is 17.0 Å². The Balaban J connectivity index is 2.08. The summed E-state index contributed by atoms with van der Waals surface area (Å²) < 4.78 is 0. The number of fused-ring (bicyclic) bond motifs is 1. The lowest BCUT2D eigenvalue weighted by Crippen LogP contribution is -1.97. The van der Waals surface area contributed by atoms with E-state index in [0.29, 0.717) is 5.92 Å². The average Bonchev–Trinajstić information content (AvgIpc) is 2.91. The first kappa shape index (κ1) is 9.60. The van der Waals surface area contributed by atoms with Crippen LogP contribution < -0.4 is 0 Å². The largest absolute Gasteiger partial charge is 0.411 e. The van der Waals surface area contributed by atoms with Crippen LogP contribution in [-0.2, 0) is 0 Å². The summed E-state index contributed by atoms with van der Waals surface area (Å²) in [6.07, 6.45) is 0.808. The van der Waals surface area contributed by atoms with E-state index >= 15 is 0 Å². The Morgan fingerprint density at radius 3 is 2.75 bits per heavy atom. The van der Waals surface area contributed by atoms with Crippen LogP contribution in [0.3, 0.4) is 0 Å². The molecule has 2 aromatic rings. The number of thiophene rings is 1. The molecule has 1 heterocycles. The lowest BCUT2D eigenvalue weighted by molar-refractivity contribution is 0.318. The molecule has 0 aliphatic heterocycles. The zero-order valence-electron chi connectivity index (χ0n) is 8.63. The zero-order valence-corrected chi connectivity index (χ0v) is 9.45. The third-order valence-corrected chi connectivity index (χ3v) is 4.03. The van der Waals surface area contributed by atoms with Crippen molar-refractivity contribution in [3.8, 4) is 0 Å². The van der Waals surface area contributed by atoms with Gasteiger partial charge in [0.15, 0.2) is 0 Å². The molecule has 1 unspecified atom stereocenters. The molecule has 0 radical (unpaired) electrons. The normalized spacial score (nSPS) is 21.2. The van der Waals surface area contributed by atoms with E-state index < -0.39 is 0 Å². The molecule has 1 aromatic carbocycles. The number of nitrogens with zero attached hydrogens (tertiary/aromatic N) is 1. The van der Waals surface area contributed by atoms with Gasteiger partial charge in [0.2, 0.25) is 0 Å². The molecule has 1 N–H and O–H groups in total. The summed E-state index contributed by atoms with van der Waals surface area (Å²) in [4.78, 5) is 1.14. The van der Waals surface area contributed by atoms with Crippen LogP contribution in [-0.4, -0.2) is 10.9 Å². The van der Waals surface area contributed by atoms with Gasteiger partial charge in [-0.3, -0.25) is 0 Å². The van der Waals surface area contributed by atoms with Crippen molar-refractivity contribution in [2.75, 3.05) is 0 Å². The van der Waals surface area contributed by atoms with Gasteiger partial charge in [0, 0.05) is 12.3 Å². The van der Waals surface area contributed by atoms with Gasteiger partial charge < -0.3 is 5.21 Å². The molecule has 0 saturated heterocycles. The predicted molar refractivity (Wildman–Crippen MR) is 65.5 cm³/mol. The van der Waals surface area contributed by atoms with Crippen molar-refractivity contribution in [3.05, 3.63) is 57.8 Å². The molecular formula is C13H11NOS. The van der Waals surface area contributed by atoms with Crippen molar-refractivity contribution >= 4 is 17.0 Å². The Labute approximate surface area is 97.9 Å². The van der Waals surface area contributed by atoms with Crippen molar-refractivity contribution < 1.29 is 5.21 Å². The van der Waals surface area contributed by atoms with Crippen LogP contribution in [0.25, 0.3) is 0 Å². The summed E-state index contributed by atoms with van der Waals surface area (Å²) in [6.45, 7) is 0. The minimum Gasteiger partial charge on any atom is -0.411 e. The quantitative estimate of drug-likeness (QED) is 0.589. The van der Waals surface area contributed by atoms with E-state index in [2.05, 4.69) is 40.9 Å². The fourth-order valence-electron chi connectivity index (χ4n) is 2.29. The van der Waals surface area contributed by atoms with Crippen molar-refractivity contribution in [1.29, 1.82) is 0 Å². The Hall–Kier alpha value is -1.61. The standard InChI is InChI=1S/C13H11NOS/c15-14-12-8-11(9-4-2-1-3-5-9)10-6-7-16-13(10)12/h1-7,11,15H,8H2/b14-12-. The second kappa shape index (κ2) is 3.76. The molecule has 1 aliphatic rings. The monoisotopic (exact) mass is 229 g/mol. The number of rotatable bonds is 1. The van der Waals surface area contributed by atoms with Gasteiger partial charge in [-0.15, -0.1) is 11.3 Å². The first-order valence-corrected chi connectivity index (χ1v) is 6.11. The van der Waals surface area contributed by atoms with Crippen LogP contribution in [0.15, 0.2) is 46.9 Å². The Bertz CT molecular complexity index is 530. The summed E-state index contributed by atoms with van der Waals surface area (Å²) in [7, 11) is 0. The smallest absolute Gasteiger partial charge is 0.0979 e. The molecule has 1 aliphatic carbocycles. The molecule has 1 atom stereocenters. The third kappa shape index (κ3) is 1.36. The minimum absolute atomic E-state index is 0.355. The number of hydrogen-bond donors (Lipinski definition) is 1. The molecule has 0 amide bonds. The topological polar surface area (TPSA) is 32.6 Å². The Morgan fingerprint density at radius 1 is 1.19 bits per heavy atom. The van der Waals surface area contributed by atoms with Crippen LogP contribution >= 0.6 is 11.3 Å². The highest BCUT2D eigenvalue weighted by Crippen LogP contribution is 2.40. The van der Waals surface area contributed by atoms with Crippen LogP contribution in [0.5, 0.6) is 0 Å². The molecule has 16 heavy (non-hydrogen) atoms. The van der Waals surface area contributed by atoms with E-state index in [4.69, 9.17) is 5.21 Å². The van der Waals surface area contributed by atoms with Gasteiger partial charge in [-0.05, 0) is 22.6 Å². The summed E-state index contributed by atoms with van der Waals surface area (Å²) in [5, 5.41) is 14.5. The van der Waals surface area contributed by atoms with Gasteiger partial charge in [0.1, 0.15) is 0 Å². The minimum atomic E-state index is 0.355. The van der Waals surface area contributed by atoms with Gasteiger partial charge in [0.05, 0.1) is 10.6 Å². The van der Waals surface area contributed by atoms with Crippen LogP contribution in [0, 0.1) is 0 Å².